The zero-order valence-corrected chi connectivity index (χ0v) is 17.6. The number of hydrogen-bond acceptors (Lipinski definition) is 6. The zero-order chi connectivity index (χ0) is 21.4. The van der Waals surface area contributed by atoms with E-state index in [9.17, 15) is 4.79 Å². The third-order valence-corrected chi connectivity index (χ3v) is 5.75. The van der Waals surface area contributed by atoms with Crippen LogP contribution in [0, 0.1) is 5.92 Å². The smallest absolute Gasteiger partial charge is 0.253 e. The van der Waals surface area contributed by atoms with Gasteiger partial charge in [-0.2, -0.15) is 0 Å². The molecule has 0 saturated heterocycles. The number of fused-ring (bicyclic) bond motifs is 1. The third kappa shape index (κ3) is 4.27. The van der Waals surface area contributed by atoms with E-state index in [2.05, 4.69) is 20.4 Å². The highest BCUT2D eigenvalue weighted by atomic mass is 35.5. The van der Waals surface area contributed by atoms with E-state index in [0.29, 0.717) is 40.2 Å². The highest BCUT2D eigenvalue weighted by molar-refractivity contribution is 6.32. The molecule has 0 amide bonds. The van der Waals surface area contributed by atoms with E-state index < -0.39 is 0 Å². The zero-order valence-electron chi connectivity index (χ0n) is 16.9. The van der Waals surface area contributed by atoms with Gasteiger partial charge in [0, 0.05) is 28.8 Å². The number of hydrogen-bond donors (Lipinski definition) is 2. The summed E-state index contributed by atoms with van der Waals surface area (Å²) in [7, 11) is 0. The molecule has 158 valence electrons. The van der Waals surface area contributed by atoms with Gasteiger partial charge in [-0.3, -0.25) is 4.79 Å². The second-order valence-corrected chi connectivity index (χ2v) is 8.29. The Morgan fingerprint density at radius 3 is 2.94 bits per heavy atom. The van der Waals surface area contributed by atoms with Crippen molar-refractivity contribution >= 4 is 28.3 Å². The first-order chi connectivity index (χ1) is 15.1. The number of ether oxygens (including phenoxy) is 1. The number of H-pyrrole nitrogens is 1. The van der Waals surface area contributed by atoms with E-state index in [0.717, 1.165) is 16.5 Å². The molecule has 0 aliphatic heterocycles. The number of anilines is 1. The maximum Gasteiger partial charge on any atom is 0.253 e. The third-order valence-electron chi connectivity index (χ3n) is 5.45. The van der Waals surface area contributed by atoms with Gasteiger partial charge in [-0.25, -0.2) is 4.98 Å². The summed E-state index contributed by atoms with van der Waals surface area (Å²) in [5, 5.41) is 8.41. The Hall–Kier alpha value is -3.32. The Morgan fingerprint density at radius 2 is 2.16 bits per heavy atom. The van der Waals surface area contributed by atoms with E-state index in [1.54, 1.807) is 24.7 Å². The molecule has 1 atom stereocenters. The lowest BCUT2D eigenvalue weighted by Crippen LogP contribution is -2.19. The number of pyridine rings is 2. The summed E-state index contributed by atoms with van der Waals surface area (Å²) >= 11 is 6.42. The normalized spacial score (nSPS) is 14.5. The first-order valence-electron chi connectivity index (χ1n) is 10.2. The van der Waals surface area contributed by atoms with E-state index in [1.165, 1.54) is 12.8 Å². The van der Waals surface area contributed by atoms with Crippen LogP contribution in [0.4, 0.5) is 5.82 Å². The van der Waals surface area contributed by atoms with Gasteiger partial charge in [0.15, 0.2) is 0 Å². The van der Waals surface area contributed by atoms with Crippen molar-refractivity contribution in [3.63, 3.8) is 0 Å². The van der Waals surface area contributed by atoms with Gasteiger partial charge in [0.1, 0.15) is 17.8 Å². The highest BCUT2D eigenvalue weighted by Crippen LogP contribution is 2.34. The Morgan fingerprint density at radius 1 is 1.29 bits per heavy atom. The molecule has 0 spiro atoms. The molecule has 0 bridgehead atoms. The number of nitrogens with zero attached hydrogens (tertiary/aromatic N) is 2. The fourth-order valence-electron chi connectivity index (χ4n) is 3.48. The fourth-order valence-corrected chi connectivity index (χ4v) is 3.71. The molecule has 2 N–H and O–H groups in total. The number of benzene rings is 1. The van der Waals surface area contributed by atoms with Gasteiger partial charge in [-0.05, 0) is 55.5 Å². The maximum absolute atomic E-state index is 12.8. The first kappa shape index (κ1) is 19.6. The van der Waals surface area contributed by atoms with E-state index >= 15 is 0 Å². The van der Waals surface area contributed by atoms with Gasteiger partial charge >= 0.3 is 0 Å². The summed E-state index contributed by atoms with van der Waals surface area (Å²) < 4.78 is 10.7. The van der Waals surface area contributed by atoms with Crippen molar-refractivity contribution < 1.29 is 9.26 Å². The molecule has 0 radical (unpaired) electrons. The molecular formula is C23H21ClN4O3. The standard InChI is InChI=1S/C23H21ClN4O3/c1-13(27-22-8-15(4-5-25-22)17-10-26-31-12-17)18-6-16-7-19(24)21(30-11-14-2-3-14)9-20(16)28-23(18)29/h4-10,12-14H,2-3,11H2,1H3,(H,25,27)(H,28,29). The fraction of sp³-hybridized carbons (Fsp3) is 0.261. The van der Waals surface area contributed by atoms with Gasteiger partial charge in [-0.15, -0.1) is 0 Å². The van der Waals surface area contributed by atoms with Crippen molar-refractivity contribution in [1.29, 1.82) is 0 Å². The van der Waals surface area contributed by atoms with Crippen molar-refractivity contribution in [1.82, 2.24) is 15.1 Å². The maximum atomic E-state index is 12.8. The second-order valence-electron chi connectivity index (χ2n) is 7.89. The number of halogens is 1. The van der Waals surface area contributed by atoms with Crippen molar-refractivity contribution in [2.75, 3.05) is 11.9 Å². The molecule has 1 aromatic carbocycles. The average molecular weight is 437 g/mol. The summed E-state index contributed by atoms with van der Waals surface area (Å²) in [5.74, 6) is 1.87. The monoisotopic (exact) mass is 436 g/mol. The van der Waals surface area contributed by atoms with Crippen molar-refractivity contribution in [2.45, 2.75) is 25.8 Å². The minimum Gasteiger partial charge on any atom is -0.492 e. The largest absolute Gasteiger partial charge is 0.492 e. The molecule has 1 unspecified atom stereocenters. The number of aromatic nitrogens is 3. The predicted molar refractivity (Wildman–Crippen MR) is 120 cm³/mol. The van der Waals surface area contributed by atoms with Crippen LogP contribution in [0.1, 0.15) is 31.4 Å². The Labute approximate surface area is 183 Å². The van der Waals surface area contributed by atoms with E-state index in [4.69, 9.17) is 20.9 Å². The number of rotatable bonds is 7. The minimum atomic E-state index is -0.275. The van der Waals surface area contributed by atoms with Crippen LogP contribution in [0.3, 0.4) is 0 Å². The van der Waals surface area contributed by atoms with Crippen LogP contribution in [0.5, 0.6) is 5.75 Å². The lowest BCUT2D eigenvalue weighted by Gasteiger charge is -2.16. The van der Waals surface area contributed by atoms with Crippen molar-refractivity contribution in [2.24, 2.45) is 5.92 Å². The van der Waals surface area contributed by atoms with Gasteiger partial charge in [0.05, 0.1) is 29.4 Å². The molecule has 3 aromatic heterocycles. The molecule has 8 heteroatoms. The van der Waals surface area contributed by atoms with Crippen LogP contribution in [-0.4, -0.2) is 21.7 Å². The van der Waals surface area contributed by atoms with Crippen LogP contribution in [0.25, 0.3) is 22.0 Å². The first-order valence-corrected chi connectivity index (χ1v) is 10.6. The molecule has 1 saturated carbocycles. The van der Waals surface area contributed by atoms with Crippen LogP contribution in [0.15, 0.2) is 58.3 Å². The van der Waals surface area contributed by atoms with Gasteiger partial charge in [0.25, 0.3) is 5.56 Å². The lowest BCUT2D eigenvalue weighted by molar-refractivity contribution is 0.300. The van der Waals surface area contributed by atoms with E-state index in [1.807, 2.05) is 31.2 Å². The minimum absolute atomic E-state index is 0.168. The molecule has 31 heavy (non-hydrogen) atoms. The Kier molecular flexibility index (Phi) is 5.11. The molecule has 1 aliphatic rings. The quantitative estimate of drug-likeness (QED) is 0.414. The van der Waals surface area contributed by atoms with Gasteiger partial charge < -0.3 is 19.6 Å². The van der Waals surface area contributed by atoms with Crippen LogP contribution in [-0.2, 0) is 0 Å². The highest BCUT2D eigenvalue weighted by Gasteiger charge is 2.22. The summed E-state index contributed by atoms with van der Waals surface area (Å²) in [6, 6.07) is 8.97. The van der Waals surface area contributed by atoms with Gasteiger partial charge in [0.2, 0.25) is 0 Å². The summed E-state index contributed by atoms with van der Waals surface area (Å²) in [6.45, 7) is 2.58. The van der Waals surface area contributed by atoms with Crippen LogP contribution >= 0.6 is 11.6 Å². The predicted octanol–water partition coefficient (Wildman–Crippen LogP) is 5.19. The Bertz CT molecular complexity index is 1280. The molecule has 7 nitrogen and oxygen atoms in total. The topological polar surface area (TPSA) is 93.0 Å². The molecule has 1 aliphatic carbocycles. The number of nitrogens with one attached hydrogen (secondary N) is 2. The average Bonchev–Trinajstić information content (AvgIpc) is 3.42. The Balaban J connectivity index is 1.40. The second kappa shape index (κ2) is 8.07. The molecule has 4 aromatic rings. The summed E-state index contributed by atoms with van der Waals surface area (Å²) in [4.78, 5) is 20.1. The van der Waals surface area contributed by atoms with Gasteiger partial charge in [-0.1, -0.05) is 16.8 Å². The molecule has 5 rings (SSSR count). The summed E-state index contributed by atoms with van der Waals surface area (Å²) in [6.07, 6.45) is 7.32. The lowest BCUT2D eigenvalue weighted by atomic mass is 10.1. The van der Waals surface area contributed by atoms with Crippen LogP contribution in [0.2, 0.25) is 5.02 Å². The van der Waals surface area contributed by atoms with E-state index in [-0.39, 0.29) is 11.6 Å². The van der Waals surface area contributed by atoms with Crippen molar-refractivity contribution in [3.05, 3.63) is 69.9 Å². The SMILES string of the molecule is CC(Nc1cc(-c2cnoc2)ccn1)c1cc2cc(Cl)c(OCC3CC3)cc2[nH]c1=O. The molecular weight excluding hydrogens is 416 g/mol. The molecule has 3 heterocycles. The molecule has 1 fully saturated rings. The summed E-state index contributed by atoms with van der Waals surface area (Å²) in [5.41, 5.74) is 2.90. The number of aromatic amines is 1. The van der Waals surface area contributed by atoms with Crippen LogP contribution < -0.4 is 15.6 Å². The van der Waals surface area contributed by atoms with Crippen molar-refractivity contribution in [3.8, 4) is 16.9 Å².